The zero-order chi connectivity index (χ0) is 19.9. The van der Waals surface area contributed by atoms with Gasteiger partial charge in [0.25, 0.3) is 5.91 Å². The molecule has 1 aromatic carbocycles. The number of carbonyl (C=O) groups excluding carboxylic acids is 2. The molecular formula is C21H25N3O4. The molecule has 2 amide bonds. The van der Waals surface area contributed by atoms with Gasteiger partial charge in [0.1, 0.15) is 24.0 Å². The van der Waals surface area contributed by atoms with Crippen LogP contribution >= 0.6 is 0 Å². The third-order valence-corrected chi connectivity index (χ3v) is 6.11. The largest absolute Gasteiger partial charge is 0.364 e. The van der Waals surface area contributed by atoms with E-state index < -0.39 is 5.54 Å². The highest BCUT2D eigenvalue weighted by molar-refractivity contribution is 5.96. The van der Waals surface area contributed by atoms with Crippen molar-refractivity contribution < 1.29 is 18.8 Å². The van der Waals surface area contributed by atoms with E-state index in [9.17, 15) is 9.59 Å². The van der Waals surface area contributed by atoms with E-state index in [4.69, 9.17) is 9.26 Å². The maximum atomic E-state index is 13.2. The van der Waals surface area contributed by atoms with E-state index in [1.807, 2.05) is 44.3 Å². The lowest BCUT2D eigenvalue weighted by atomic mass is 9.76. The van der Waals surface area contributed by atoms with Gasteiger partial charge in [0.15, 0.2) is 0 Å². The molecule has 0 unspecified atom stereocenters. The van der Waals surface area contributed by atoms with Crippen molar-refractivity contribution in [2.24, 2.45) is 0 Å². The summed E-state index contributed by atoms with van der Waals surface area (Å²) in [5.41, 5.74) is 1.71. The monoisotopic (exact) mass is 383 g/mol. The summed E-state index contributed by atoms with van der Waals surface area (Å²) in [7, 11) is 1.83. The Morgan fingerprint density at radius 2 is 2.07 bits per heavy atom. The number of rotatable bonds is 3. The predicted octanol–water partition coefficient (Wildman–Crippen LogP) is 2.14. The second-order valence-electron chi connectivity index (χ2n) is 7.46. The second-order valence-corrected chi connectivity index (χ2v) is 7.46. The number of carbonyl (C=O) groups is 2. The highest BCUT2D eigenvalue weighted by Gasteiger charge is 2.53. The van der Waals surface area contributed by atoms with E-state index in [1.54, 1.807) is 16.7 Å². The molecule has 7 nitrogen and oxygen atoms in total. The summed E-state index contributed by atoms with van der Waals surface area (Å²) in [6.45, 7) is 4.69. The van der Waals surface area contributed by atoms with Crippen molar-refractivity contribution in [2.75, 3.05) is 26.7 Å². The Bertz CT molecular complexity index is 894. The fourth-order valence-corrected chi connectivity index (χ4v) is 4.50. The average Bonchev–Trinajstić information content (AvgIpc) is 3.11. The number of piperidine rings is 1. The van der Waals surface area contributed by atoms with Crippen LogP contribution in [0.2, 0.25) is 0 Å². The molecule has 2 aliphatic rings. The van der Waals surface area contributed by atoms with Crippen LogP contribution in [0.5, 0.6) is 0 Å². The molecule has 0 aliphatic carbocycles. The van der Waals surface area contributed by atoms with Gasteiger partial charge in [-0.2, -0.15) is 0 Å². The molecule has 3 heterocycles. The Balaban J connectivity index is 1.67. The minimum atomic E-state index is -0.565. The topological polar surface area (TPSA) is 75.9 Å². The Morgan fingerprint density at radius 1 is 1.32 bits per heavy atom. The second kappa shape index (κ2) is 7.05. The zero-order valence-electron chi connectivity index (χ0n) is 16.5. The summed E-state index contributed by atoms with van der Waals surface area (Å²) in [5.74, 6) is 0.419. The molecule has 4 rings (SSSR count). The van der Waals surface area contributed by atoms with Crippen molar-refractivity contribution in [1.82, 2.24) is 15.0 Å². The third-order valence-electron chi connectivity index (χ3n) is 6.11. The highest BCUT2D eigenvalue weighted by Crippen LogP contribution is 2.42. The normalized spacial score (nSPS) is 25.0. The van der Waals surface area contributed by atoms with Crippen LogP contribution in [-0.4, -0.2) is 59.6 Å². The van der Waals surface area contributed by atoms with E-state index in [0.717, 1.165) is 5.56 Å². The maximum Gasteiger partial charge on any atom is 0.259 e. The summed E-state index contributed by atoms with van der Waals surface area (Å²) >= 11 is 0. The number of aromatic nitrogens is 1. The first-order valence-corrected chi connectivity index (χ1v) is 9.67. The van der Waals surface area contributed by atoms with Gasteiger partial charge in [0, 0.05) is 20.1 Å². The van der Waals surface area contributed by atoms with Crippen molar-refractivity contribution in [3.05, 3.63) is 52.9 Å². The summed E-state index contributed by atoms with van der Waals surface area (Å²) in [5, 5.41) is 4.01. The minimum absolute atomic E-state index is 0.0320. The van der Waals surface area contributed by atoms with Gasteiger partial charge in [-0.05, 0) is 25.3 Å². The van der Waals surface area contributed by atoms with E-state index >= 15 is 0 Å². The van der Waals surface area contributed by atoms with Crippen LogP contribution < -0.4 is 0 Å². The van der Waals surface area contributed by atoms with Gasteiger partial charge in [0.05, 0.1) is 11.2 Å². The highest BCUT2D eigenvalue weighted by atomic mass is 16.5. The summed E-state index contributed by atoms with van der Waals surface area (Å²) in [6.07, 6.45) is 0.958. The Kier molecular flexibility index (Phi) is 4.71. The van der Waals surface area contributed by atoms with Crippen LogP contribution in [0, 0.1) is 6.92 Å². The van der Waals surface area contributed by atoms with Gasteiger partial charge in [-0.3, -0.25) is 9.59 Å². The summed E-state index contributed by atoms with van der Waals surface area (Å²) < 4.78 is 11.2. The number of nitrogens with zero attached hydrogens (tertiary/aromatic N) is 3. The fourth-order valence-electron chi connectivity index (χ4n) is 4.50. The smallest absolute Gasteiger partial charge is 0.259 e. The van der Waals surface area contributed by atoms with E-state index in [0.29, 0.717) is 42.9 Å². The molecule has 0 N–H and O–H groups in total. The number of fused-ring (bicyclic) bond motifs is 1. The molecule has 2 atom stereocenters. The predicted molar refractivity (Wildman–Crippen MR) is 102 cm³/mol. The minimum Gasteiger partial charge on any atom is -0.364 e. The molecule has 148 valence electrons. The molecule has 28 heavy (non-hydrogen) atoms. The standard InChI is InChI=1S/C21H25N3O4/c1-4-16-19(14(2)28-22-16)20(26)24-11-10-21(15-8-6-5-7-9-15)17(12-24)27-13-18(25)23(21)3/h5-9,17H,4,10-13H2,1-3H3/t17-,21+/m1/s1. The van der Waals surface area contributed by atoms with Crippen LogP contribution in [-0.2, 0) is 21.5 Å². The zero-order valence-corrected chi connectivity index (χ0v) is 16.5. The SMILES string of the molecule is CCc1noc(C)c1C(=O)N1CC[C@]2(c3ccccc3)[C@@H](C1)OCC(=O)N2C. The van der Waals surface area contributed by atoms with Crippen molar-refractivity contribution in [2.45, 2.75) is 38.3 Å². The number of likely N-dealkylation sites (tertiary alicyclic amines) is 1. The molecular weight excluding hydrogens is 358 g/mol. The maximum absolute atomic E-state index is 13.2. The van der Waals surface area contributed by atoms with Gasteiger partial charge >= 0.3 is 0 Å². The fraction of sp³-hybridized carbons (Fsp3) is 0.476. The Morgan fingerprint density at radius 3 is 2.79 bits per heavy atom. The molecule has 0 saturated carbocycles. The lowest BCUT2D eigenvalue weighted by Gasteiger charge is -2.54. The number of ether oxygens (including phenoxy) is 1. The van der Waals surface area contributed by atoms with Crippen LogP contribution in [0.4, 0.5) is 0 Å². The first-order valence-electron chi connectivity index (χ1n) is 9.67. The van der Waals surface area contributed by atoms with Gasteiger partial charge in [-0.15, -0.1) is 0 Å². The quantitative estimate of drug-likeness (QED) is 0.812. The number of amides is 2. The van der Waals surface area contributed by atoms with Crippen LogP contribution in [0.1, 0.15) is 40.7 Å². The first-order chi connectivity index (χ1) is 13.5. The van der Waals surface area contributed by atoms with Gasteiger partial charge < -0.3 is 19.1 Å². The first kappa shape index (κ1) is 18.7. The van der Waals surface area contributed by atoms with Gasteiger partial charge in [-0.25, -0.2) is 0 Å². The molecule has 2 aliphatic heterocycles. The number of benzene rings is 1. The van der Waals surface area contributed by atoms with Crippen LogP contribution in [0.15, 0.2) is 34.9 Å². The van der Waals surface area contributed by atoms with Crippen molar-refractivity contribution >= 4 is 11.8 Å². The number of hydrogen-bond acceptors (Lipinski definition) is 5. The molecule has 2 fully saturated rings. The Hall–Kier alpha value is -2.67. The van der Waals surface area contributed by atoms with Crippen molar-refractivity contribution in [1.29, 1.82) is 0 Å². The third kappa shape index (κ3) is 2.73. The van der Waals surface area contributed by atoms with Gasteiger partial charge in [0.2, 0.25) is 5.91 Å². The number of aryl methyl sites for hydroxylation is 2. The number of morpholine rings is 1. The van der Waals surface area contributed by atoms with Crippen LogP contribution in [0.3, 0.4) is 0 Å². The molecule has 2 aromatic rings. The number of likely N-dealkylation sites (N-methyl/N-ethyl adjacent to an activating group) is 1. The summed E-state index contributed by atoms with van der Waals surface area (Å²) in [6, 6.07) is 9.96. The van der Waals surface area contributed by atoms with E-state index in [-0.39, 0.29) is 24.5 Å². The van der Waals surface area contributed by atoms with Gasteiger partial charge in [-0.1, -0.05) is 42.4 Å². The number of hydrogen-bond donors (Lipinski definition) is 0. The molecule has 1 aromatic heterocycles. The van der Waals surface area contributed by atoms with E-state index in [2.05, 4.69) is 5.16 Å². The van der Waals surface area contributed by atoms with Crippen LogP contribution in [0.25, 0.3) is 0 Å². The Labute approximate surface area is 164 Å². The molecule has 7 heteroatoms. The molecule has 0 spiro atoms. The van der Waals surface area contributed by atoms with E-state index in [1.165, 1.54) is 0 Å². The van der Waals surface area contributed by atoms with Crippen molar-refractivity contribution in [3.8, 4) is 0 Å². The average molecular weight is 383 g/mol. The molecule has 0 bridgehead atoms. The summed E-state index contributed by atoms with van der Waals surface area (Å²) in [4.78, 5) is 29.3. The van der Waals surface area contributed by atoms with Crippen molar-refractivity contribution in [3.63, 3.8) is 0 Å². The lowest BCUT2D eigenvalue weighted by Crippen LogP contribution is -2.67. The molecule has 0 radical (unpaired) electrons. The lowest BCUT2D eigenvalue weighted by molar-refractivity contribution is -0.180. The molecule has 2 saturated heterocycles.